The first kappa shape index (κ1) is 17.0. The van der Waals surface area contributed by atoms with Crippen molar-refractivity contribution in [1.29, 1.82) is 0 Å². The number of rotatable bonds is 5. The van der Waals surface area contributed by atoms with Gasteiger partial charge in [0.2, 0.25) is 0 Å². The molecule has 0 fully saturated rings. The molecule has 0 atom stereocenters. The van der Waals surface area contributed by atoms with Gasteiger partial charge >= 0.3 is 11.7 Å². The van der Waals surface area contributed by atoms with Gasteiger partial charge in [0.25, 0.3) is 5.91 Å². The minimum Gasteiger partial charge on any atom is -0.454 e. The number of amides is 1. The first-order chi connectivity index (χ1) is 12.0. The molecule has 0 aliphatic carbocycles. The van der Waals surface area contributed by atoms with Gasteiger partial charge in [-0.15, -0.1) is 0 Å². The molecular weight excluding hydrogens is 392 g/mol. The SMILES string of the molecule is O=C(COC(=O)Cn1c(=O)oc2ccccc21)Nc1ccc(Br)cc1. The molecule has 3 rings (SSSR count). The average molecular weight is 405 g/mol. The van der Waals surface area contributed by atoms with E-state index in [2.05, 4.69) is 21.2 Å². The molecule has 1 aromatic heterocycles. The van der Waals surface area contributed by atoms with Crippen molar-refractivity contribution in [3.8, 4) is 0 Å². The quantitative estimate of drug-likeness (QED) is 0.659. The number of aromatic nitrogens is 1. The van der Waals surface area contributed by atoms with E-state index < -0.39 is 24.2 Å². The second-order valence-electron chi connectivity index (χ2n) is 5.14. The summed E-state index contributed by atoms with van der Waals surface area (Å²) in [6.45, 7) is -0.777. The van der Waals surface area contributed by atoms with E-state index in [0.29, 0.717) is 16.8 Å². The van der Waals surface area contributed by atoms with Crippen LogP contribution in [0.4, 0.5) is 5.69 Å². The molecule has 0 saturated carbocycles. The molecule has 1 heterocycles. The van der Waals surface area contributed by atoms with Gasteiger partial charge in [-0.05, 0) is 36.4 Å². The molecule has 25 heavy (non-hydrogen) atoms. The minimum absolute atomic E-state index is 0.332. The first-order valence-corrected chi connectivity index (χ1v) is 8.11. The van der Waals surface area contributed by atoms with Crippen molar-refractivity contribution in [2.75, 3.05) is 11.9 Å². The maximum atomic E-state index is 11.9. The van der Waals surface area contributed by atoms with Gasteiger partial charge in [0.05, 0.1) is 5.52 Å². The molecule has 7 nitrogen and oxygen atoms in total. The summed E-state index contributed by atoms with van der Waals surface area (Å²) in [5.41, 5.74) is 1.46. The van der Waals surface area contributed by atoms with E-state index in [4.69, 9.17) is 9.15 Å². The van der Waals surface area contributed by atoms with Crippen molar-refractivity contribution in [2.45, 2.75) is 6.54 Å². The van der Waals surface area contributed by atoms with E-state index >= 15 is 0 Å². The third-order valence-corrected chi connectivity index (χ3v) is 3.88. The minimum atomic E-state index is -0.709. The summed E-state index contributed by atoms with van der Waals surface area (Å²) in [5, 5.41) is 2.60. The van der Waals surface area contributed by atoms with Gasteiger partial charge < -0.3 is 14.5 Å². The van der Waals surface area contributed by atoms with Crippen LogP contribution in [0.1, 0.15) is 0 Å². The molecule has 0 radical (unpaired) electrons. The number of hydrogen-bond acceptors (Lipinski definition) is 5. The topological polar surface area (TPSA) is 90.5 Å². The van der Waals surface area contributed by atoms with Crippen molar-refractivity contribution in [3.05, 3.63) is 63.6 Å². The predicted octanol–water partition coefficient (Wildman–Crippen LogP) is 2.54. The van der Waals surface area contributed by atoms with E-state index in [-0.39, 0.29) is 6.54 Å². The molecule has 3 aromatic rings. The molecule has 2 aromatic carbocycles. The third-order valence-electron chi connectivity index (χ3n) is 3.35. The van der Waals surface area contributed by atoms with Crippen molar-refractivity contribution in [2.24, 2.45) is 0 Å². The number of halogens is 1. The molecule has 1 N–H and O–H groups in total. The van der Waals surface area contributed by atoms with Gasteiger partial charge in [0.1, 0.15) is 6.54 Å². The number of nitrogens with one attached hydrogen (secondary N) is 1. The maximum absolute atomic E-state index is 11.9. The predicted molar refractivity (Wildman–Crippen MR) is 94.2 cm³/mol. The summed E-state index contributed by atoms with van der Waals surface area (Å²) in [5.74, 6) is -1.84. The standard InChI is InChI=1S/C17H13BrN2O5/c18-11-5-7-12(8-6-11)19-15(21)10-24-16(22)9-20-13-3-1-2-4-14(13)25-17(20)23/h1-8H,9-10H2,(H,19,21). The van der Waals surface area contributed by atoms with Crippen LogP contribution >= 0.6 is 15.9 Å². The lowest BCUT2D eigenvalue weighted by atomic mass is 10.3. The number of oxazole rings is 1. The lowest BCUT2D eigenvalue weighted by molar-refractivity contribution is -0.147. The van der Waals surface area contributed by atoms with Gasteiger partial charge in [0.15, 0.2) is 12.2 Å². The number of carbonyl (C=O) groups is 2. The fraction of sp³-hybridized carbons (Fsp3) is 0.118. The van der Waals surface area contributed by atoms with Crippen LogP contribution in [0, 0.1) is 0 Å². The van der Waals surface area contributed by atoms with E-state index in [9.17, 15) is 14.4 Å². The lowest BCUT2D eigenvalue weighted by Gasteiger charge is -2.07. The Bertz CT molecular complexity index is 975. The number of benzene rings is 2. The van der Waals surface area contributed by atoms with E-state index in [0.717, 1.165) is 9.04 Å². The van der Waals surface area contributed by atoms with Crippen LogP contribution in [0.2, 0.25) is 0 Å². The number of nitrogens with zero attached hydrogens (tertiary/aromatic N) is 1. The van der Waals surface area contributed by atoms with Gasteiger partial charge in [-0.25, -0.2) is 4.79 Å². The molecular formula is C17H13BrN2O5. The van der Waals surface area contributed by atoms with Crippen LogP contribution in [-0.2, 0) is 20.9 Å². The normalized spacial score (nSPS) is 10.6. The highest BCUT2D eigenvalue weighted by molar-refractivity contribution is 9.10. The van der Waals surface area contributed by atoms with E-state index in [1.165, 1.54) is 0 Å². The lowest BCUT2D eigenvalue weighted by Crippen LogP contribution is -2.25. The monoisotopic (exact) mass is 404 g/mol. The molecule has 128 valence electrons. The van der Waals surface area contributed by atoms with Crippen LogP contribution in [0.5, 0.6) is 0 Å². The second-order valence-corrected chi connectivity index (χ2v) is 6.05. The van der Waals surface area contributed by atoms with Gasteiger partial charge in [0, 0.05) is 10.2 Å². The number of para-hydroxylation sites is 2. The Labute approximate surface area is 150 Å². The first-order valence-electron chi connectivity index (χ1n) is 7.32. The van der Waals surface area contributed by atoms with Crippen LogP contribution in [0.15, 0.2) is 62.2 Å². The largest absolute Gasteiger partial charge is 0.454 e. The molecule has 0 saturated heterocycles. The van der Waals surface area contributed by atoms with E-state index in [1.54, 1.807) is 48.5 Å². The van der Waals surface area contributed by atoms with Crippen molar-refractivity contribution < 1.29 is 18.7 Å². The molecule has 0 unspecified atom stereocenters. The zero-order valence-electron chi connectivity index (χ0n) is 12.9. The van der Waals surface area contributed by atoms with Crippen LogP contribution in [0.25, 0.3) is 11.1 Å². The summed E-state index contributed by atoms with van der Waals surface area (Å²) in [7, 11) is 0. The number of anilines is 1. The Hall–Kier alpha value is -2.87. The number of fused-ring (bicyclic) bond motifs is 1. The zero-order valence-corrected chi connectivity index (χ0v) is 14.5. The third kappa shape index (κ3) is 4.16. The molecule has 0 bridgehead atoms. The molecule has 0 spiro atoms. The average Bonchev–Trinajstić information content (AvgIpc) is 2.91. The van der Waals surface area contributed by atoms with Gasteiger partial charge in [-0.3, -0.25) is 14.2 Å². The van der Waals surface area contributed by atoms with Gasteiger partial charge in [-0.2, -0.15) is 0 Å². The summed E-state index contributed by atoms with van der Waals surface area (Å²) >= 11 is 3.30. The van der Waals surface area contributed by atoms with Gasteiger partial charge in [-0.1, -0.05) is 28.1 Å². The van der Waals surface area contributed by atoms with Crippen molar-refractivity contribution >= 4 is 44.6 Å². The summed E-state index contributed by atoms with van der Waals surface area (Å²) in [6.07, 6.45) is 0. The van der Waals surface area contributed by atoms with Crippen LogP contribution in [-0.4, -0.2) is 23.1 Å². The smallest absolute Gasteiger partial charge is 0.420 e. The Morgan fingerprint density at radius 2 is 1.84 bits per heavy atom. The highest BCUT2D eigenvalue weighted by atomic mass is 79.9. The van der Waals surface area contributed by atoms with Crippen molar-refractivity contribution in [1.82, 2.24) is 4.57 Å². The summed E-state index contributed by atoms with van der Waals surface area (Å²) in [6, 6.07) is 13.7. The molecule has 8 heteroatoms. The van der Waals surface area contributed by atoms with Crippen LogP contribution < -0.4 is 11.1 Å². The highest BCUT2D eigenvalue weighted by Gasteiger charge is 2.14. The summed E-state index contributed by atoms with van der Waals surface area (Å²) < 4.78 is 12.0. The fourth-order valence-corrected chi connectivity index (χ4v) is 2.48. The molecule has 1 amide bonds. The summed E-state index contributed by atoms with van der Waals surface area (Å²) in [4.78, 5) is 35.5. The number of hydrogen-bond donors (Lipinski definition) is 1. The Balaban J connectivity index is 1.57. The number of ether oxygens (including phenoxy) is 1. The van der Waals surface area contributed by atoms with Crippen LogP contribution in [0.3, 0.4) is 0 Å². The Morgan fingerprint density at radius 1 is 1.12 bits per heavy atom. The number of carbonyl (C=O) groups excluding carboxylic acids is 2. The highest BCUT2D eigenvalue weighted by Crippen LogP contribution is 2.14. The zero-order chi connectivity index (χ0) is 17.8. The Kier molecular flexibility index (Phi) is 4.99. The van der Waals surface area contributed by atoms with Crippen molar-refractivity contribution in [3.63, 3.8) is 0 Å². The molecule has 0 aliphatic rings. The molecule has 0 aliphatic heterocycles. The number of esters is 1. The van der Waals surface area contributed by atoms with E-state index in [1.807, 2.05) is 0 Å². The maximum Gasteiger partial charge on any atom is 0.420 e. The Morgan fingerprint density at radius 3 is 2.60 bits per heavy atom. The fourth-order valence-electron chi connectivity index (χ4n) is 2.21. The second kappa shape index (κ2) is 7.35.